The van der Waals surface area contributed by atoms with E-state index in [0.717, 1.165) is 30.2 Å². The van der Waals surface area contributed by atoms with Gasteiger partial charge in [-0.05, 0) is 30.3 Å². The largest absolute Gasteiger partial charge is 0.339 e. The van der Waals surface area contributed by atoms with E-state index in [1.54, 1.807) is 11.3 Å². The van der Waals surface area contributed by atoms with Gasteiger partial charge in [-0.3, -0.25) is 0 Å². The Labute approximate surface area is 118 Å². The molecule has 1 atom stereocenters. The first-order valence-corrected chi connectivity index (χ1v) is 7.66. The maximum atomic E-state index is 5.35. The maximum Gasteiger partial charge on any atom is 0.228 e. The number of thiophene rings is 1. The van der Waals surface area contributed by atoms with Gasteiger partial charge in [0.05, 0.1) is 4.88 Å². The minimum Gasteiger partial charge on any atom is -0.339 e. The molecular formula is C14H21N3OS. The minimum absolute atomic E-state index is 0.404. The van der Waals surface area contributed by atoms with E-state index in [1.165, 1.54) is 0 Å². The van der Waals surface area contributed by atoms with Crippen LogP contribution in [0.15, 0.2) is 22.0 Å². The highest BCUT2D eigenvalue weighted by Gasteiger charge is 2.16. The van der Waals surface area contributed by atoms with Gasteiger partial charge in [0.25, 0.3) is 0 Å². The van der Waals surface area contributed by atoms with Gasteiger partial charge in [0.2, 0.25) is 11.7 Å². The van der Waals surface area contributed by atoms with Crippen LogP contribution in [-0.4, -0.2) is 22.7 Å². The Morgan fingerprint density at radius 2 is 2.26 bits per heavy atom. The SMILES string of the molecule is CCNC(Cc1nc(-c2cccs2)no1)CC(C)C. The molecule has 2 rings (SSSR count). The van der Waals surface area contributed by atoms with Gasteiger partial charge in [0, 0.05) is 12.5 Å². The zero-order valence-corrected chi connectivity index (χ0v) is 12.5. The molecule has 0 radical (unpaired) electrons. The monoisotopic (exact) mass is 279 g/mol. The molecule has 104 valence electrons. The molecule has 4 nitrogen and oxygen atoms in total. The summed E-state index contributed by atoms with van der Waals surface area (Å²) in [5.74, 6) is 2.07. The number of hydrogen-bond acceptors (Lipinski definition) is 5. The van der Waals surface area contributed by atoms with E-state index in [4.69, 9.17) is 4.52 Å². The van der Waals surface area contributed by atoms with Crippen LogP contribution in [0.3, 0.4) is 0 Å². The zero-order valence-electron chi connectivity index (χ0n) is 11.7. The lowest BCUT2D eigenvalue weighted by atomic mass is 10.0. The molecule has 1 N–H and O–H groups in total. The molecule has 0 spiro atoms. The number of rotatable bonds is 7. The van der Waals surface area contributed by atoms with Crippen molar-refractivity contribution in [2.24, 2.45) is 5.92 Å². The summed E-state index contributed by atoms with van der Waals surface area (Å²) in [4.78, 5) is 5.53. The van der Waals surface area contributed by atoms with Gasteiger partial charge in [0.1, 0.15) is 0 Å². The Kier molecular flexibility index (Phi) is 5.10. The van der Waals surface area contributed by atoms with Gasteiger partial charge in [-0.1, -0.05) is 32.0 Å². The van der Waals surface area contributed by atoms with Gasteiger partial charge in [-0.2, -0.15) is 4.98 Å². The fourth-order valence-corrected chi connectivity index (χ4v) is 2.80. The summed E-state index contributed by atoms with van der Waals surface area (Å²) in [6.45, 7) is 7.55. The van der Waals surface area contributed by atoms with Crippen LogP contribution in [0.5, 0.6) is 0 Å². The predicted octanol–water partition coefficient (Wildman–Crippen LogP) is 3.36. The van der Waals surface area contributed by atoms with Gasteiger partial charge < -0.3 is 9.84 Å². The van der Waals surface area contributed by atoms with E-state index in [-0.39, 0.29) is 0 Å². The van der Waals surface area contributed by atoms with Gasteiger partial charge in [-0.25, -0.2) is 0 Å². The zero-order chi connectivity index (χ0) is 13.7. The lowest BCUT2D eigenvalue weighted by Crippen LogP contribution is -2.32. The summed E-state index contributed by atoms with van der Waals surface area (Å²) in [7, 11) is 0. The second kappa shape index (κ2) is 6.82. The van der Waals surface area contributed by atoms with Gasteiger partial charge >= 0.3 is 0 Å². The number of aromatic nitrogens is 2. The third-order valence-electron chi connectivity index (χ3n) is 2.88. The molecule has 0 saturated carbocycles. The Bertz CT molecular complexity index is 479. The van der Waals surface area contributed by atoms with Crippen LogP contribution in [-0.2, 0) is 6.42 Å². The molecule has 5 heteroatoms. The number of nitrogens with one attached hydrogen (secondary N) is 1. The first-order chi connectivity index (χ1) is 9.19. The standard InChI is InChI=1S/C14H21N3OS/c1-4-15-11(8-10(2)3)9-13-16-14(17-18-13)12-6-5-7-19-12/h5-7,10-11,15H,4,8-9H2,1-3H3. The van der Waals surface area contributed by atoms with Crippen molar-refractivity contribution in [2.45, 2.75) is 39.7 Å². The molecule has 0 aliphatic heterocycles. The Morgan fingerprint density at radius 3 is 2.89 bits per heavy atom. The molecule has 0 aliphatic carbocycles. The molecule has 2 aromatic heterocycles. The highest BCUT2D eigenvalue weighted by molar-refractivity contribution is 7.13. The number of hydrogen-bond donors (Lipinski definition) is 1. The molecule has 2 heterocycles. The minimum atomic E-state index is 0.404. The molecule has 0 aliphatic rings. The van der Waals surface area contributed by atoms with Crippen LogP contribution < -0.4 is 5.32 Å². The van der Waals surface area contributed by atoms with Crippen molar-refractivity contribution >= 4 is 11.3 Å². The topological polar surface area (TPSA) is 51.0 Å². The third-order valence-corrected chi connectivity index (χ3v) is 3.75. The second-order valence-corrected chi connectivity index (χ2v) is 6.02. The quantitative estimate of drug-likeness (QED) is 0.844. The normalized spacial score (nSPS) is 13.1. The summed E-state index contributed by atoms with van der Waals surface area (Å²) >= 11 is 1.63. The second-order valence-electron chi connectivity index (χ2n) is 5.08. The fourth-order valence-electron chi connectivity index (χ4n) is 2.15. The van der Waals surface area contributed by atoms with E-state index in [0.29, 0.717) is 17.8 Å². The van der Waals surface area contributed by atoms with Crippen molar-refractivity contribution in [1.29, 1.82) is 0 Å². The molecule has 0 bridgehead atoms. The lowest BCUT2D eigenvalue weighted by Gasteiger charge is -2.17. The van der Waals surface area contributed by atoms with E-state index in [2.05, 4.69) is 36.2 Å². The number of likely N-dealkylation sites (N-methyl/N-ethyl adjacent to an activating group) is 1. The Balaban J connectivity index is 2.01. The summed E-state index contributed by atoms with van der Waals surface area (Å²) in [5, 5.41) is 9.55. The molecule has 1 unspecified atom stereocenters. The molecular weight excluding hydrogens is 258 g/mol. The molecule has 2 aromatic rings. The Morgan fingerprint density at radius 1 is 1.42 bits per heavy atom. The summed E-state index contributed by atoms with van der Waals surface area (Å²) in [6.07, 6.45) is 1.91. The molecule has 0 fully saturated rings. The third kappa shape index (κ3) is 4.14. The van der Waals surface area contributed by atoms with Crippen molar-refractivity contribution in [3.63, 3.8) is 0 Å². The lowest BCUT2D eigenvalue weighted by molar-refractivity contribution is 0.340. The van der Waals surface area contributed by atoms with E-state index < -0.39 is 0 Å². The average Bonchev–Trinajstić information content (AvgIpc) is 2.97. The van der Waals surface area contributed by atoms with E-state index in [1.807, 2.05) is 17.5 Å². The first-order valence-electron chi connectivity index (χ1n) is 6.79. The van der Waals surface area contributed by atoms with Gasteiger partial charge in [0.15, 0.2) is 0 Å². The highest BCUT2D eigenvalue weighted by Crippen LogP contribution is 2.21. The van der Waals surface area contributed by atoms with Crippen molar-refractivity contribution in [2.75, 3.05) is 6.54 Å². The summed E-state index contributed by atoms with van der Waals surface area (Å²) in [6, 6.07) is 4.41. The average molecular weight is 279 g/mol. The van der Waals surface area contributed by atoms with Crippen LogP contribution in [0.2, 0.25) is 0 Å². The predicted molar refractivity (Wildman–Crippen MR) is 78.2 cm³/mol. The van der Waals surface area contributed by atoms with Crippen molar-refractivity contribution in [3.8, 4) is 10.7 Å². The first kappa shape index (κ1) is 14.2. The van der Waals surface area contributed by atoms with E-state index >= 15 is 0 Å². The molecule has 19 heavy (non-hydrogen) atoms. The number of nitrogens with zero attached hydrogens (tertiary/aromatic N) is 2. The Hall–Kier alpha value is -1.20. The van der Waals surface area contributed by atoms with E-state index in [9.17, 15) is 0 Å². The van der Waals surface area contributed by atoms with Crippen LogP contribution >= 0.6 is 11.3 Å². The van der Waals surface area contributed by atoms with Crippen LogP contribution in [0.25, 0.3) is 10.7 Å². The maximum absolute atomic E-state index is 5.35. The van der Waals surface area contributed by atoms with Crippen LogP contribution in [0.4, 0.5) is 0 Å². The fraction of sp³-hybridized carbons (Fsp3) is 0.571. The van der Waals surface area contributed by atoms with Crippen molar-refractivity contribution in [1.82, 2.24) is 15.5 Å². The van der Waals surface area contributed by atoms with Crippen molar-refractivity contribution < 1.29 is 4.52 Å². The van der Waals surface area contributed by atoms with Gasteiger partial charge in [-0.15, -0.1) is 11.3 Å². The smallest absolute Gasteiger partial charge is 0.228 e. The highest BCUT2D eigenvalue weighted by atomic mass is 32.1. The molecule has 0 saturated heterocycles. The van der Waals surface area contributed by atoms with Crippen LogP contribution in [0, 0.1) is 5.92 Å². The molecule has 0 aromatic carbocycles. The molecule has 0 amide bonds. The van der Waals surface area contributed by atoms with Crippen LogP contribution in [0.1, 0.15) is 33.1 Å². The summed E-state index contributed by atoms with van der Waals surface area (Å²) < 4.78 is 5.35. The van der Waals surface area contributed by atoms with Crippen molar-refractivity contribution in [3.05, 3.63) is 23.4 Å². The summed E-state index contributed by atoms with van der Waals surface area (Å²) in [5.41, 5.74) is 0.